The van der Waals surface area contributed by atoms with Crippen LogP contribution < -0.4 is 0 Å². The van der Waals surface area contributed by atoms with Crippen molar-refractivity contribution in [3.8, 4) is 0 Å². The number of carbonyl (C=O) groups is 1. The number of alkyl halides is 1. The zero-order chi connectivity index (χ0) is 7.40. The van der Waals surface area contributed by atoms with E-state index in [1.165, 1.54) is 12.8 Å². The quantitative estimate of drug-likeness (QED) is 0.508. The van der Waals surface area contributed by atoms with E-state index in [-0.39, 0.29) is 4.83 Å². The fraction of sp³-hybridized carbons (Fsp3) is 0.857. The van der Waals surface area contributed by atoms with Crippen molar-refractivity contribution in [3.63, 3.8) is 0 Å². The molecule has 0 aromatic heterocycles. The first-order valence-corrected chi connectivity index (χ1v) is 4.56. The summed E-state index contributed by atoms with van der Waals surface area (Å²) in [6.07, 6.45) is 3.54. The van der Waals surface area contributed by atoms with E-state index in [0.717, 1.165) is 25.9 Å². The predicted molar refractivity (Wildman–Crippen MR) is 44.5 cm³/mol. The smallest absolute Gasteiger partial charge is 0.134 e. The van der Waals surface area contributed by atoms with Gasteiger partial charge in [0, 0.05) is 6.54 Å². The van der Waals surface area contributed by atoms with Crippen LogP contribution in [0.1, 0.15) is 12.8 Å². The van der Waals surface area contributed by atoms with E-state index < -0.39 is 0 Å². The fourth-order valence-corrected chi connectivity index (χ4v) is 1.66. The summed E-state index contributed by atoms with van der Waals surface area (Å²) in [7, 11) is 0. The van der Waals surface area contributed by atoms with Gasteiger partial charge in [-0.25, -0.2) is 0 Å². The number of likely N-dealkylation sites (tertiary alicyclic amines) is 1. The van der Waals surface area contributed by atoms with Crippen molar-refractivity contribution >= 4 is 22.2 Å². The molecular weight excluding hydrogens is 194 g/mol. The number of hydrogen-bond acceptors (Lipinski definition) is 2. The summed E-state index contributed by atoms with van der Waals surface area (Å²) in [5.41, 5.74) is 0. The van der Waals surface area contributed by atoms with Crippen LogP contribution in [0.15, 0.2) is 0 Å². The lowest BCUT2D eigenvalue weighted by Gasteiger charge is -2.14. The van der Waals surface area contributed by atoms with Gasteiger partial charge in [0.15, 0.2) is 0 Å². The van der Waals surface area contributed by atoms with Gasteiger partial charge >= 0.3 is 0 Å². The van der Waals surface area contributed by atoms with Gasteiger partial charge < -0.3 is 9.69 Å². The van der Waals surface area contributed by atoms with E-state index in [2.05, 4.69) is 20.8 Å². The lowest BCUT2D eigenvalue weighted by Crippen LogP contribution is -2.27. The summed E-state index contributed by atoms with van der Waals surface area (Å²) < 4.78 is 0. The normalized spacial score (nSPS) is 22.9. The molecule has 0 N–H and O–H groups in total. The molecular formula is C7H12BrNO. The minimum absolute atomic E-state index is 0.0330. The number of halogens is 1. The standard InChI is InChI=1S/C7H12BrNO/c8-7(6-10)5-9-3-1-2-4-9/h6-7H,1-5H2. The van der Waals surface area contributed by atoms with Crippen molar-refractivity contribution in [3.05, 3.63) is 0 Å². The molecule has 10 heavy (non-hydrogen) atoms. The molecule has 0 aromatic carbocycles. The van der Waals surface area contributed by atoms with Crippen LogP contribution >= 0.6 is 15.9 Å². The Bertz CT molecular complexity index is 112. The second-order valence-electron chi connectivity index (χ2n) is 2.66. The van der Waals surface area contributed by atoms with Gasteiger partial charge in [0.05, 0.1) is 4.83 Å². The van der Waals surface area contributed by atoms with Gasteiger partial charge in [-0.05, 0) is 25.9 Å². The molecule has 1 unspecified atom stereocenters. The average Bonchev–Trinajstić information content (AvgIpc) is 2.40. The van der Waals surface area contributed by atoms with Crippen molar-refractivity contribution in [2.45, 2.75) is 17.7 Å². The maximum Gasteiger partial charge on any atom is 0.134 e. The zero-order valence-corrected chi connectivity index (χ0v) is 7.51. The summed E-state index contributed by atoms with van der Waals surface area (Å²) in [6.45, 7) is 3.20. The van der Waals surface area contributed by atoms with Crippen LogP contribution in [0.2, 0.25) is 0 Å². The van der Waals surface area contributed by atoms with Crippen LogP contribution in [-0.2, 0) is 4.79 Å². The Labute approximate surface area is 69.7 Å². The molecule has 1 heterocycles. The maximum absolute atomic E-state index is 10.2. The number of rotatable bonds is 3. The lowest BCUT2D eigenvalue weighted by atomic mass is 10.4. The minimum Gasteiger partial charge on any atom is -0.302 e. The highest BCUT2D eigenvalue weighted by atomic mass is 79.9. The van der Waals surface area contributed by atoms with Gasteiger partial charge in [0.25, 0.3) is 0 Å². The highest BCUT2D eigenvalue weighted by molar-refractivity contribution is 9.10. The van der Waals surface area contributed by atoms with Crippen LogP contribution in [-0.4, -0.2) is 35.6 Å². The molecule has 1 rings (SSSR count). The van der Waals surface area contributed by atoms with Gasteiger partial charge in [-0.3, -0.25) is 0 Å². The summed E-state index contributed by atoms with van der Waals surface area (Å²) in [5.74, 6) is 0. The molecule has 0 spiro atoms. The minimum atomic E-state index is 0.0330. The molecule has 0 aliphatic carbocycles. The first kappa shape index (κ1) is 8.21. The third-order valence-corrected chi connectivity index (χ3v) is 2.28. The van der Waals surface area contributed by atoms with Crippen molar-refractivity contribution in [1.29, 1.82) is 0 Å². The van der Waals surface area contributed by atoms with Gasteiger partial charge in [0.1, 0.15) is 6.29 Å². The van der Waals surface area contributed by atoms with Crippen LogP contribution in [0.4, 0.5) is 0 Å². The lowest BCUT2D eigenvalue weighted by molar-refractivity contribution is -0.107. The van der Waals surface area contributed by atoms with Crippen LogP contribution in [0.25, 0.3) is 0 Å². The predicted octanol–water partition coefficient (Wildman–Crippen LogP) is 1.04. The third-order valence-electron chi connectivity index (χ3n) is 1.78. The van der Waals surface area contributed by atoms with Crippen molar-refractivity contribution in [1.82, 2.24) is 4.90 Å². The second-order valence-corrected chi connectivity index (χ2v) is 3.84. The number of nitrogens with zero attached hydrogens (tertiary/aromatic N) is 1. The molecule has 3 heteroatoms. The molecule has 58 valence electrons. The Morgan fingerprint density at radius 3 is 2.60 bits per heavy atom. The van der Waals surface area contributed by atoms with Gasteiger partial charge in [0.2, 0.25) is 0 Å². The summed E-state index contributed by atoms with van der Waals surface area (Å²) >= 11 is 3.28. The van der Waals surface area contributed by atoms with Gasteiger partial charge in [-0.15, -0.1) is 0 Å². The number of aldehydes is 1. The molecule has 2 nitrogen and oxygen atoms in total. The molecule has 0 amide bonds. The van der Waals surface area contributed by atoms with Crippen LogP contribution in [0.3, 0.4) is 0 Å². The largest absolute Gasteiger partial charge is 0.302 e. The molecule has 1 atom stereocenters. The first-order chi connectivity index (χ1) is 4.83. The van der Waals surface area contributed by atoms with E-state index in [1.54, 1.807) is 0 Å². The summed E-state index contributed by atoms with van der Waals surface area (Å²) in [5, 5.41) is 0. The Hall–Kier alpha value is 0.110. The molecule has 1 aliphatic rings. The topological polar surface area (TPSA) is 20.3 Å². The second kappa shape index (κ2) is 4.09. The van der Waals surface area contributed by atoms with E-state index in [4.69, 9.17) is 0 Å². The van der Waals surface area contributed by atoms with Crippen molar-refractivity contribution < 1.29 is 4.79 Å². The highest BCUT2D eigenvalue weighted by Gasteiger charge is 2.14. The van der Waals surface area contributed by atoms with Gasteiger partial charge in [-0.1, -0.05) is 15.9 Å². The third kappa shape index (κ3) is 2.39. The molecule has 1 saturated heterocycles. The highest BCUT2D eigenvalue weighted by Crippen LogP contribution is 2.09. The first-order valence-electron chi connectivity index (χ1n) is 3.64. The van der Waals surface area contributed by atoms with E-state index in [0.29, 0.717) is 0 Å². The monoisotopic (exact) mass is 205 g/mol. The summed E-state index contributed by atoms with van der Waals surface area (Å²) in [6, 6.07) is 0. The Balaban J connectivity index is 2.17. The van der Waals surface area contributed by atoms with Crippen LogP contribution in [0, 0.1) is 0 Å². The summed E-state index contributed by atoms with van der Waals surface area (Å²) in [4.78, 5) is 12.6. The molecule has 0 saturated carbocycles. The molecule has 0 bridgehead atoms. The number of carbonyl (C=O) groups excluding carboxylic acids is 1. The maximum atomic E-state index is 10.2. The Morgan fingerprint density at radius 1 is 1.50 bits per heavy atom. The van der Waals surface area contributed by atoms with E-state index >= 15 is 0 Å². The fourth-order valence-electron chi connectivity index (χ4n) is 1.25. The Kier molecular flexibility index (Phi) is 3.35. The number of hydrogen-bond donors (Lipinski definition) is 0. The van der Waals surface area contributed by atoms with Crippen molar-refractivity contribution in [2.75, 3.05) is 19.6 Å². The molecule has 1 aliphatic heterocycles. The SMILES string of the molecule is O=CC(Br)CN1CCCC1. The average molecular weight is 206 g/mol. The van der Waals surface area contributed by atoms with Gasteiger partial charge in [-0.2, -0.15) is 0 Å². The van der Waals surface area contributed by atoms with Crippen molar-refractivity contribution in [2.24, 2.45) is 0 Å². The molecule has 1 fully saturated rings. The van der Waals surface area contributed by atoms with Crippen LogP contribution in [0.5, 0.6) is 0 Å². The molecule has 0 radical (unpaired) electrons. The Morgan fingerprint density at radius 2 is 2.10 bits per heavy atom. The van der Waals surface area contributed by atoms with E-state index in [9.17, 15) is 4.79 Å². The van der Waals surface area contributed by atoms with E-state index in [1.807, 2.05) is 0 Å². The zero-order valence-electron chi connectivity index (χ0n) is 5.92. The molecule has 0 aromatic rings.